The highest BCUT2D eigenvalue weighted by molar-refractivity contribution is 5.97. The van der Waals surface area contributed by atoms with Crippen LogP contribution in [-0.2, 0) is 16.0 Å². The van der Waals surface area contributed by atoms with E-state index in [-0.39, 0.29) is 30.7 Å². The van der Waals surface area contributed by atoms with Gasteiger partial charge in [0.25, 0.3) is 11.8 Å². The first kappa shape index (κ1) is 28.1. The number of hydrogen-bond acceptors (Lipinski definition) is 5. The van der Waals surface area contributed by atoms with Crippen molar-refractivity contribution in [1.82, 2.24) is 15.5 Å². The summed E-state index contributed by atoms with van der Waals surface area (Å²) in [6.45, 7) is 3.76. The third-order valence-corrected chi connectivity index (χ3v) is 6.71. The topological polar surface area (TPSA) is 119 Å². The summed E-state index contributed by atoms with van der Waals surface area (Å²) in [6, 6.07) is 11.5. The molecule has 1 aliphatic heterocycles. The molecule has 37 heavy (non-hydrogen) atoms. The molecule has 9 heteroatoms. The van der Waals surface area contributed by atoms with E-state index >= 15 is 0 Å². The first-order valence-electron chi connectivity index (χ1n) is 12.8. The molecule has 4 atom stereocenters. The number of benzene rings is 2. The van der Waals surface area contributed by atoms with Gasteiger partial charge >= 0.3 is 0 Å². The van der Waals surface area contributed by atoms with Crippen LogP contribution in [0.3, 0.4) is 0 Å². The average Bonchev–Trinajstić information content (AvgIpc) is 3.29. The molecule has 1 aliphatic rings. The monoisotopic (exact) mass is 513 g/mol. The Hall–Kier alpha value is -3.46. The van der Waals surface area contributed by atoms with Crippen LogP contribution < -0.4 is 10.6 Å². The van der Waals surface area contributed by atoms with E-state index in [2.05, 4.69) is 10.6 Å². The Morgan fingerprint density at radius 1 is 1.11 bits per heavy atom. The van der Waals surface area contributed by atoms with E-state index in [9.17, 15) is 29.0 Å². The Labute approximate surface area is 216 Å². The molecule has 200 valence electrons. The zero-order valence-electron chi connectivity index (χ0n) is 21.3. The molecule has 0 aromatic heterocycles. The molecule has 0 radical (unpaired) electrons. The van der Waals surface area contributed by atoms with E-state index in [1.807, 2.05) is 13.0 Å². The molecule has 2 aromatic rings. The van der Waals surface area contributed by atoms with Crippen molar-refractivity contribution in [3.05, 3.63) is 65.2 Å². The van der Waals surface area contributed by atoms with Gasteiger partial charge in [0.05, 0.1) is 12.6 Å². The summed E-state index contributed by atoms with van der Waals surface area (Å²) < 4.78 is 14.4. The van der Waals surface area contributed by atoms with Crippen molar-refractivity contribution in [3.63, 3.8) is 0 Å². The molecule has 4 unspecified atom stereocenters. The van der Waals surface area contributed by atoms with Crippen LogP contribution in [0.5, 0.6) is 5.75 Å². The summed E-state index contributed by atoms with van der Waals surface area (Å²) in [5.74, 6) is -1.89. The highest BCUT2D eigenvalue weighted by Crippen LogP contribution is 2.24. The molecule has 2 aromatic carbocycles. The maximum atomic E-state index is 14.4. The summed E-state index contributed by atoms with van der Waals surface area (Å²) in [5.41, 5.74) is 1.33. The van der Waals surface area contributed by atoms with E-state index in [0.29, 0.717) is 12.1 Å². The van der Waals surface area contributed by atoms with Gasteiger partial charge in [0, 0.05) is 24.1 Å². The second kappa shape index (κ2) is 13.2. The first-order valence-corrected chi connectivity index (χ1v) is 12.8. The molecule has 1 heterocycles. The van der Waals surface area contributed by atoms with Crippen molar-refractivity contribution in [3.8, 4) is 5.75 Å². The van der Waals surface area contributed by atoms with Gasteiger partial charge in [-0.1, -0.05) is 56.2 Å². The van der Waals surface area contributed by atoms with Gasteiger partial charge in [-0.15, -0.1) is 0 Å². The minimum Gasteiger partial charge on any atom is -0.508 e. The molecular formula is C28H36FN3O5. The van der Waals surface area contributed by atoms with E-state index < -0.39 is 42.1 Å². The predicted molar refractivity (Wildman–Crippen MR) is 138 cm³/mol. The fraction of sp³-hybridized carbons (Fsp3) is 0.464. The molecule has 0 aliphatic carbocycles. The van der Waals surface area contributed by atoms with Crippen molar-refractivity contribution < 1.29 is 29.0 Å². The van der Waals surface area contributed by atoms with Crippen LogP contribution in [0.4, 0.5) is 4.39 Å². The van der Waals surface area contributed by atoms with Crippen LogP contribution in [0, 0.1) is 6.92 Å². The lowest BCUT2D eigenvalue weighted by molar-refractivity contribution is -0.146. The van der Waals surface area contributed by atoms with Crippen LogP contribution in [0.1, 0.15) is 54.1 Å². The van der Waals surface area contributed by atoms with Gasteiger partial charge in [-0.2, -0.15) is 0 Å². The zero-order chi connectivity index (χ0) is 26.9. The molecular weight excluding hydrogens is 477 g/mol. The standard InChI is InChI=1S/C28H36FN3O5/c1-3-4-8-14-30-27(36)23-16-20(29)17-32(23)28(37)25(34)22(15-19-10-6-5-7-11-19)31-26(35)21-12-9-13-24(33)18(21)2/h5-7,9-13,20,22-23,25,33-34H,3-4,8,14-17H2,1-2H3,(H,30,36)(H,31,35). The number of nitrogens with one attached hydrogen (secondary N) is 2. The van der Waals surface area contributed by atoms with E-state index in [1.54, 1.807) is 31.2 Å². The van der Waals surface area contributed by atoms with Gasteiger partial charge in [0.15, 0.2) is 6.10 Å². The average molecular weight is 514 g/mol. The number of likely N-dealkylation sites (tertiary alicyclic amines) is 1. The van der Waals surface area contributed by atoms with Gasteiger partial charge in [0.2, 0.25) is 5.91 Å². The third kappa shape index (κ3) is 7.29. The molecule has 3 rings (SSSR count). The largest absolute Gasteiger partial charge is 0.508 e. The Balaban J connectivity index is 1.79. The smallest absolute Gasteiger partial charge is 0.254 e. The number of hydrogen-bond donors (Lipinski definition) is 4. The molecule has 4 N–H and O–H groups in total. The summed E-state index contributed by atoms with van der Waals surface area (Å²) >= 11 is 0. The number of nitrogens with zero attached hydrogens (tertiary/aromatic N) is 1. The molecule has 1 fully saturated rings. The Kier molecular flexibility index (Phi) is 10.0. The zero-order valence-corrected chi connectivity index (χ0v) is 21.3. The Bertz CT molecular complexity index is 1080. The van der Waals surface area contributed by atoms with Gasteiger partial charge in [-0.05, 0) is 37.5 Å². The van der Waals surface area contributed by atoms with E-state index in [4.69, 9.17) is 0 Å². The number of amides is 3. The normalized spacial score (nSPS) is 18.8. The van der Waals surface area contributed by atoms with Crippen molar-refractivity contribution in [2.45, 2.75) is 70.3 Å². The highest BCUT2D eigenvalue weighted by Gasteiger charge is 2.43. The molecule has 8 nitrogen and oxygen atoms in total. The Morgan fingerprint density at radius 2 is 1.84 bits per heavy atom. The SMILES string of the molecule is CCCCCNC(=O)C1CC(F)CN1C(=O)C(O)C(Cc1ccccc1)NC(=O)c1cccc(O)c1C. The number of halogens is 1. The van der Waals surface area contributed by atoms with Crippen molar-refractivity contribution in [2.75, 3.05) is 13.1 Å². The fourth-order valence-corrected chi connectivity index (χ4v) is 4.55. The van der Waals surface area contributed by atoms with Gasteiger partial charge in [-0.25, -0.2) is 4.39 Å². The van der Waals surface area contributed by atoms with Crippen LogP contribution >= 0.6 is 0 Å². The molecule has 0 spiro atoms. The minimum absolute atomic E-state index is 0.0530. The third-order valence-electron chi connectivity index (χ3n) is 6.71. The maximum absolute atomic E-state index is 14.4. The van der Waals surface area contributed by atoms with E-state index in [0.717, 1.165) is 29.7 Å². The van der Waals surface area contributed by atoms with Crippen molar-refractivity contribution >= 4 is 17.7 Å². The fourth-order valence-electron chi connectivity index (χ4n) is 4.55. The van der Waals surface area contributed by atoms with Crippen LogP contribution in [-0.4, -0.2) is 70.3 Å². The summed E-state index contributed by atoms with van der Waals surface area (Å²) in [4.78, 5) is 40.3. The number of aromatic hydroxyl groups is 1. The number of aliphatic hydroxyl groups excluding tert-OH is 1. The second-order valence-electron chi connectivity index (χ2n) is 9.50. The number of unbranched alkanes of at least 4 members (excludes halogenated alkanes) is 2. The quantitative estimate of drug-likeness (QED) is 0.345. The number of carbonyl (C=O) groups excluding carboxylic acids is 3. The lowest BCUT2D eigenvalue weighted by Gasteiger charge is -2.30. The molecule has 0 bridgehead atoms. The lowest BCUT2D eigenvalue weighted by Crippen LogP contribution is -2.56. The first-order chi connectivity index (χ1) is 17.7. The number of rotatable bonds is 11. The summed E-state index contributed by atoms with van der Waals surface area (Å²) in [5, 5.41) is 26.6. The summed E-state index contributed by atoms with van der Waals surface area (Å²) in [6.07, 6.45) is -0.419. The number of alkyl halides is 1. The second-order valence-corrected chi connectivity index (χ2v) is 9.50. The minimum atomic E-state index is -1.72. The van der Waals surface area contributed by atoms with Crippen LogP contribution in [0.25, 0.3) is 0 Å². The lowest BCUT2D eigenvalue weighted by atomic mass is 9.98. The Morgan fingerprint density at radius 3 is 2.54 bits per heavy atom. The molecule has 0 saturated carbocycles. The number of phenolic OH excluding ortho intramolecular Hbond substituents is 1. The summed E-state index contributed by atoms with van der Waals surface area (Å²) in [7, 11) is 0. The van der Waals surface area contributed by atoms with E-state index in [1.165, 1.54) is 18.2 Å². The molecule has 1 saturated heterocycles. The van der Waals surface area contributed by atoms with Gasteiger partial charge in [0.1, 0.15) is 18.0 Å². The van der Waals surface area contributed by atoms with Crippen molar-refractivity contribution in [2.24, 2.45) is 0 Å². The van der Waals surface area contributed by atoms with Crippen molar-refractivity contribution in [1.29, 1.82) is 0 Å². The number of phenols is 1. The highest BCUT2D eigenvalue weighted by atomic mass is 19.1. The van der Waals surface area contributed by atoms with Gasteiger partial charge in [-0.3, -0.25) is 14.4 Å². The molecule has 3 amide bonds. The number of aliphatic hydroxyl groups is 1. The predicted octanol–water partition coefficient (Wildman–Crippen LogP) is 2.65. The van der Waals surface area contributed by atoms with Crippen LogP contribution in [0.2, 0.25) is 0 Å². The van der Waals surface area contributed by atoms with Crippen LogP contribution in [0.15, 0.2) is 48.5 Å². The maximum Gasteiger partial charge on any atom is 0.254 e. The number of carbonyl (C=O) groups is 3. The van der Waals surface area contributed by atoms with Gasteiger partial charge < -0.3 is 25.7 Å².